The Hall–Kier alpha value is -2.70. The molecular weight excluding hydrogens is 260 g/mol. The lowest BCUT2D eigenvalue weighted by Crippen LogP contribution is -2.38. The third-order valence-electron chi connectivity index (χ3n) is 2.79. The van der Waals surface area contributed by atoms with Crippen LogP contribution in [0.1, 0.15) is 23.0 Å². The number of H-pyrrole nitrogens is 2. The first kappa shape index (κ1) is 13.7. The van der Waals surface area contributed by atoms with Gasteiger partial charge in [-0.3, -0.25) is 14.6 Å². The summed E-state index contributed by atoms with van der Waals surface area (Å²) >= 11 is 0. The molecule has 7 heteroatoms. The van der Waals surface area contributed by atoms with E-state index in [4.69, 9.17) is 0 Å². The molecule has 2 N–H and O–H groups in total. The molecule has 0 unspecified atom stereocenters. The second-order valence-electron chi connectivity index (χ2n) is 4.24. The first-order chi connectivity index (χ1) is 9.52. The molecule has 1 aromatic carbocycles. The zero-order chi connectivity index (χ0) is 14.7. The lowest BCUT2D eigenvalue weighted by atomic mass is 10.2. The summed E-state index contributed by atoms with van der Waals surface area (Å²) in [5.41, 5.74) is -0.218. The van der Waals surface area contributed by atoms with Crippen LogP contribution in [-0.4, -0.2) is 27.6 Å². The molecule has 0 spiro atoms. The Bertz CT molecular complexity index is 748. The first-order valence-corrected chi connectivity index (χ1v) is 6.10. The third kappa shape index (κ3) is 2.66. The minimum absolute atomic E-state index is 0.340. The lowest BCUT2D eigenvalue weighted by Gasteiger charge is -2.20. The summed E-state index contributed by atoms with van der Waals surface area (Å²) in [7, 11) is 0. The maximum Gasteiger partial charge on any atom is 0.342 e. The quantitative estimate of drug-likeness (QED) is 0.848. The highest BCUT2D eigenvalue weighted by atomic mass is 16.2. The largest absolute Gasteiger partial charge is 0.342 e. The van der Waals surface area contributed by atoms with Gasteiger partial charge in [0.2, 0.25) is 5.69 Å². The Balaban J connectivity index is 2.44. The van der Waals surface area contributed by atoms with E-state index in [-0.39, 0.29) is 5.69 Å². The van der Waals surface area contributed by atoms with Crippen molar-refractivity contribution in [2.75, 3.05) is 11.4 Å². The summed E-state index contributed by atoms with van der Waals surface area (Å²) in [6.45, 7) is 4.08. The number of rotatable bonds is 3. The molecule has 0 bridgehead atoms. The molecule has 0 atom stereocenters. The van der Waals surface area contributed by atoms with Gasteiger partial charge in [-0.15, -0.1) is 0 Å². The van der Waals surface area contributed by atoms with Crippen molar-refractivity contribution in [2.24, 2.45) is 0 Å². The Labute approximate surface area is 114 Å². The molecular formula is C13H14N4O3. The first-order valence-electron chi connectivity index (χ1n) is 6.10. The molecule has 0 aliphatic rings. The average Bonchev–Trinajstić information content (AvgIpc) is 2.39. The summed E-state index contributed by atoms with van der Waals surface area (Å²) in [6.07, 6.45) is 0. The van der Waals surface area contributed by atoms with Crippen molar-refractivity contribution >= 4 is 11.6 Å². The average molecular weight is 274 g/mol. The Morgan fingerprint density at radius 1 is 1.35 bits per heavy atom. The van der Waals surface area contributed by atoms with Crippen LogP contribution in [0.2, 0.25) is 0 Å². The molecule has 0 radical (unpaired) electrons. The van der Waals surface area contributed by atoms with Crippen LogP contribution in [0, 0.1) is 6.92 Å². The van der Waals surface area contributed by atoms with Crippen LogP contribution in [-0.2, 0) is 0 Å². The minimum atomic E-state index is -0.801. The van der Waals surface area contributed by atoms with Gasteiger partial charge in [0.1, 0.15) is 0 Å². The van der Waals surface area contributed by atoms with Crippen molar-refractivity contribution in [1.29, 1.82) is 0 Å². The van der Waals surface area contributed by atoms with E-state index in [1.54, 1.807) is 13.0 Å². The highest BCUT2D eigenvalue weighted by Gasteiger charge is 2.21. The number of carbonyl (C=O) groups is 1. The van der Waals surface area contributed by atoms with Gasteiger partial charge in [0.25, 0.3) is 11.5 Å². The van der Waals surface area contributed by atoms with Crippen molar-refractivity contribution in [3.05, 3.63) is 56.4 Å². The Kier molecular flexibility index (Phi) is 3.79. The van der Waals surface area contributed by atoms with Gasteiger partial charge in [-0.1, -0.05) is 12.1 Å². The minimum Gasteiger partial charge on any atom is -0.307 e. The van der Waals surface area contributed by atoms with Crippen LogP contribution in [0.4, 0.5) is 5.69 Å². The maximum atomic E-state index is 12.3. The monoisotopic (exact) mass is 274 g/mol. The fourth-order valence-corrected chi connectivity index (χ4v) is 1.86. The second-order valence-corrected chi connectivity index (χ2v) is 4.24. The van der Waals surface area contributed by atoms with Crippen molar-refractivity contribution in [2.45, 2.75) is 13.8 Å². The molecule has 2 aromatic rings. The number of benzene rings is 1. The van der Waals surface area contributed by atoms with Crippen LogP contribution in [0.15, 0.2) is 33.9 Å². The summed E-state index contributed by atoms with van der Waals surface area (Å²) in [5.74, 6) is -0.560. The number of amides is 1. The normalized spacial score (nSPS) is 10.3. The molecule has 0 saturated heterocycles. The zero-order valence-corrected chi connectivity index (χ0v) is 11.1. The molecule has 20 heavy (non-hydrogen) atoms. The molecule has 0 fully saturated rings. The summed E-state index contributed by atoms with van der Waals surface area (Å²) < 4.78 is 0. The van der Waals surface area contributed by atoms with Gasteiger partial charge >= 0.3 is 5.69 Å². The van der Waals surface area contributed by atoms with Crippen LogP contribution in [0.25, 0.3) is 0 Å². The van der Waals surface area contributed by atoms with Crippen molar-refractivity contribution in [1.82, 2.24) is 15.2 Å². The van der Waals surface area contributed by atoms with Gasteiger partial charge in [0, 0.05) is 12.2 Å². The standard InChI is InChI=1S/C13H14N4O3/c1-3-17(9-6-4-5-8(2)7-9)12(19)10-11(18)14-13(20)16-15-10/h4-7H,3H2,1-2H3,(H2,14,16,18,20). The summed E-state index contributed by atoms with van der Waals surface area (Å²) in [4.78, 5) is 38.3. The molecule has 1 aromatic heterocycles. The maximum absolute atomic E-state index is 12.3. The highest BCUT2D eigenvalue weighted by molar-refractivity contribution is 6.04. The van der Waals surface area contributed by atoms with E-state index in [0.717, 1.165) is 5.56 Å². The van der Waals surface area contributed by atoms with Crippen molar-refractivity contribution in [3.8, 4) is 0 Å². The molecule has 7 nitrogen and oxygen atoms in total. The van der Waals surface area contributed by atoms with Gasteiger partial charge in [-0.25, -0.2) is 9.89 Å². The number of anilines is 1. The number of hydrogen-bond acceptors (Lipinski definition) is 4. The van der Waals surface area contributed by atoms with E-state index in [1.165, 1.54) is 4.90 Å². The van der Waals surface area contributed by atoms with E-state index in [1.807, 2.05) is 30.1 Å². The fourth-order valence-electron chi connectivity index (χ4n) is 1.86. The molecule has 104 valence electrons. The van der Waals surface area contributed by atoms with E-state index in [9.17, 15) is 14.4 Å². The van der Waals surface area contributed by atoms with Gasteiger partial charge < -0.3 is 4.90 Å². The van der Waals surface area contributed by atoms with Gasteiger partial charge in [0.15, 0.2) is 0 Å². The Morgan fingerprint density at radius 2 is 2.10 bits per heavy atom. The van der Waals surface area contributed by atoms with Crippen LogP contribution in [0.3, 0.4) is 0 Å². The second kappa shape index (κ2) is 5.52. The van der Waals surface area contributed by atoms with Crippen molar-refractivity contribution < 1.29 is 4.79 Å². The number of nitrogens with one attached hydrogen (secondary N) is 2. The molecule has 0 aliphatic carbocycles. The number of aromatic nitrogens is 3. The van der Waals surface area contributed by atoms with Crippen LogP contribution >= 0.6 is 0 Å². The Morgan fingerprint density at radius 3 is 2.70 bits per heavy atom. The molecule has 1 heterocycles. The number of aromatic amines is 2. The summed E-state index contributed by atoms with van der Waals surface area (Å²) in [6, 6.07) is 7.34. The SMILES string of the molecule is CCN(C(=O)c1n[nH]c(=O)[nH]c1=O)c1cccc(C)c1. The predicted molar refractivity (Wildman–Crippen MR) is 74.0 cm³/mol. The number of hydrogen-bond donors (Lipinski definition) is 2. The number of carbonyl (C=O) groups excluding carboxylic acids is 1. The molecule has 0 aliphatic heterocycles. The van der Waals surface area contributed by atoms with Crippen LogP contribution in [0.5, 0.6) is 0 Å². The highest BCUT2D eigenvalue weighted by Crippen LogP contribution is 2.16. The summed E-state index contributed by atoms with van der Waals surface area (Å²) in [5, 5.41) is 5.58. The predicted octanol–water partition coefficient (Wildman–Crippen LogP) is 0.433. The molecule has 2 rings (SSSR count). The van der Waals surface area contributed by atoms with E-state index in [2.05, 4.69) is 10.2 Å². The van der Waals surface area contributed by atoms with Gasteiger partial charge in [-0.05, 0) is 31.5 Å². The fraction of sp³-hybridized carbons (Fsp3) is 0.231. The molecule has 1 amide bonds. The van der Waals surface area contributed by atoms with Crippen LogP contribution < -0.4 is 16.1 Å². The number of nitrogens with zero attached hydrogens (tertiary/aromatic N) is 2. The lowest BCUT2D eigenvalue weighted by molar-refractivity contribution is 0.0980. The van der Waals surface area contributed by atoms with Crippen molar-refractivity contribution in [3.63, 3.8) is 0 Å². The smallest absolute Gasteiger partial charge is 0.307 e. The molecule has 0 saturated carbocycles. The number of aryl methyl sites for hydroxylation is 1. The zero-order valence-electron chi connectivity index (χ0n) is 11.1. The van der Waals surface area contributed by atoms with E-state index >= 15 is 0 Å². The van der Waals surface area contributed by atoms with E-state index in [0.29, 0.717) is 12.2 Å². The van der Waals surface area contributed by atoms with E-state index < -0.39 is 17.2 Å². The topological polar surface area (TPSA) is 98.9 Å². The van der Waals surface area contributed by atoms with Gasteiger partial charge in [-0.2, -0.15) is 5.10 Å². The third-order valence-corrected chi connectivity index (χ3v) is 2.79. The van der Waals surface area contributed by atoms with Gasteiger partial charge in [0.05, 0.1) is 0 Å².